The second-order valence-corrected chi connectivity index (χ2v) is 8.67. The number of hydrogen-bond donors (Lipinski definition) is 2. The highest BCUT2D eigenvalue weighted by atomic mass is 16.2. The number of para-hydroxylation sites is 1. The SMILES string of the molecule is CCn1ccc(C(=O)N2CC[C@@]3(C2)NCc2ccccc2NC3=NC2CCCC2)n1. The van der Waals surface area contributed by atoms with Gasteiger partial charge in [-0.05, 0) is 43.9 Å². The number of carbonyl (C=O) groups is 1. The number of likely N-dealkylation sites (tertiary alicyclic amines) is 1. The fraction of sp³-hybridized carbons (Fsp3) is 0.522. The first-order chi connectivity index (χ1) is 14.7. The molecule has 2 fully saturated rings. The molecule has 7 heteroatoms. The molecule has 1 saturated carbocycles. The van der Waals surface area contributed by atoms with Crippen LogP contribution in [0.4, 0.5) is 5.69 Å². The molecular weight excluding hydrogens is 376 g/mol. The van der Waals surface area contributed by atoms with Crippen LogP contribution in [0.15, 0.2) is 41.5 Å². The smallest absolute Gasteiger partial charge is 0.274 e. The first-order valence-electron chi connectivity index (χ1n) is 11.2. The van der Waals surface area contributed by atoms with E-state index in [1.54, 1.807) is 4.68 Å². The highest BCUT2D eigenvalue weighted by Crippen LogP contribution is 2.32. The Bertz CT molecular complexity index is 960. The van der Waals surface area contributed by atoms with E-state index in [4.69, 9.17) is 4.99 Å². The normalized spacial score (nSPS) is 25.5. The molecule has 3 aliphatic rings. The third-order valence-electron chi connectivity index (χ3n) is 6.72. The number of anilines is 1. The lowest BCUT2D eigenvalue weighted by molar-refractivity contribution is 0.0779. The van der Waals surface area contributed by atoms with Gasteiger partial charge in [0.05, 0.1) is 11.6 Å². The van der Waals surface area contributed by atoms with Gasteiger partial charge in [0.15, 0.2) is 0 Å². The van der Waals surface area contributed by atoms with Crippen molar-refractivity contribution >= 4 is 17.4 Å². The van der Waals surface area contributed by atoms with E-state index < -0.39 is 0 Å². The van der Waals surface area contributed by atoms with E-state index in [0.717, 1.165) is 43.9 Å². The van der Waals surface area contributed by atoms with Gasteiger partial charge in [0.25, 0.3) is 5.91 Å². The van der Waals surface area contributed by atoms with Crippen molar-refractivity contribution in [3.63, 3.8) is 0 Å². The number of hydrogen-bond acceptors (Lipinski definition) is 4. The summed E-state index contributed by atoms with van der Waals surface area (Å²) in [6, 6.07) is 10.6. The minimum absolute atomic E-state index is 0.00264. The molecule has 2 N–H and O–H groups in total. The molecule has 3 heterocycles. The minimum Gasteiger partial charge on any atom is -0.342 e. The summed E-state index contributed by atoms with van der Waals surface area (Å²) in [7, 11) is 0. The fourth-order valence-corrected chi connectivity index (χ4v) is 4.90. The monoisotopic (exact) mass is 406 g/mol. The van der Waals surface area contributed by atoms with Crippen LogP contribution in [-0.2, 0) is 13.1 Å². The van der Waals surface area contributed by atoms with Crippen molar-refractivity contribution < 1.29 is 4.79 Å². The molecule has 2 aliphatic heterocycles. The summed E-state index contributed by atoms with van der Waals surface area (Å²) in [5.74, 6) is 0.997. The predicted octanol–water partition coefficient (Wildman–Crippen LogP) is 3.04. The molecule has 1 aliphatic carbocycles. The number of benzene rings is 1. The van der Waals surface area contributed by atoms with Crippen LogP contribution in [0.5, 0.6) is 0 Å². The zero-order valence-corrected chi connectivity index (χ0v) is 17.6. The number of amides is 1. The quantitative estimate of drug-likeness (QED) is 0.822. The Morgan fingerprint density at radius 3 is 2.90 bits per heavy atom. The average molecular weight is 407 g/mol. The van der Waals surface area contributed by atoms with E-state index >= 15 is 0 Å². The fourth-order valence-electron chi connectivity index (χ4n) is 4.90. The summed E-state index contributed by atoms with van der Waals surface area (Å²) in [6.07, 6.45) is 7.53. The molecule has 1 aromatic carbocycles. The summed E-state index contributed by atoms with van der Waals surface area (Å²) in [4.78, 5) is 20.2. The Hall–Kier alpha value is -2.67. The molecule has 1 spiro atoms. The van der Waals surface area contributed by atoms with Crippen LogP contribution in [0.1, 0.15) is 55.1 Å². The molecule has 2 aromatic rings. The van der Waals surface area contributed by atoms with Crippen molar-refractivity contribution in [3.8, 4) is 0 Å². The number of rotatable bonds is 3. The van der Waals surface area contributed by atoms with Crippen LogP contribution in [-0.4, -0.2) is 51.1 Å². The molecule has 158 valence electrons. The Kier molecular flexibility index (Phi) is 5.06. The van der Waals surface area contributed by atoms with Crippen LogP contribution in [0.3, 0.4) is 0 Å². The van der Waals surface area contributed by atoms with E-state index in [1.165, 1.54) is 18.4 Å². The standard InChI is InChI=1S/C23H30N6O/c1-2-29-13-11-20(27-29)21(30)28-14-12-23(16-28)22(25-18-8-4-5-9-18)26-19-10-6-3-7-17(19)15-24-23/h3,6-7,10-11,13,18,24H,2,4-5,8-9,12,14-16H2,1H3,(H,25,26)/t23-/m0/s1. The largest absolute Gasteiger partial charge is 0.342 e. The average Bonchev–Trinajstić information content (AvgIpc) is 3.51. The molecule has 1 atom stereocenters. The molecular formula is C23H30N6O. The summed E-state index contributed by atoms with van der Waals surface area (Å²) in [5.41, 5.74) is 2.53. The third-order valence-corrected chi connectivity index (χ3v) is 6.72. The summed E-state index contributed by atoms with van der Waals surface area (Å²) >= 11 is 0. The number of aliphatic imine (C=N–C) groups is 1. The van der Waals surface area contributed by atoms with Gasteiger partial charge in [-0.25, -0.2) is 0 Å². The van der Waals surface area contributed by atoms with Crippen LogP contribution < -0.4 is 10.6 Å². The third kappa shape index (κ3) is 3.51. The first-order valence-corrected chi connectivity index (χ1v) is 11.2. The van der Waals surface area contributed by atoms with Crippen molar-refractivity contribution in [3.05, 3.63) is 47.8 Å². The first kappa shape index (κ1) is 19.3. The lowest BCUT2D eigenvalue weighted by atomic mass is 9.96. The number of fused-ring (bicyclic) bond motifs is 1. The Balaban J connectivity index is 1.44. The van der Waals surface area contributed by atoms with Gasteiger partial charge in [-0.15, -0.1) is 0 Å². The number of nitrogens with zero attached hydrogens (tertiary/aromatic N) is 4. The number of aryl methyl sites for hydroxylation is 1. The van der Waals surface area contributed by atoms with Gasteiger partial charge < -0.3 is 10.2 Å². The molecule has 0 unspecified atom stereocenters. The second-order valence-electron chi connectivity index (χ2n) is 8.67. The van der Waals surface area contributed by atoms with Crippen molar-refractivity contribution in [1.82, 2.24) is 20.0 Å². The van der Waals surface area contributed by atoms with Gasteiger partial charge >= 0.3 is 0 Å². The highest BCUT2D eigenvalue weighted by Gasteiger charge is 2.46. The van der Waals surface area contributed by atoms with E-state index in [2.05, 4.69) is 40.0 Å². The lowest BCUT2D eigenvalue weighted by Gasteiger charge is -2.31. The van der Waals surface area contributed by atoms with E-state index in [9.17, 15) is 4.79 Å². The molecule has 1 amide bonds. The zero-order valence-electron chi connectivity index (χ0n) is 17.6. The van der Waals surface area contributed by atoms with E-state index in [0.29, 0.717) is 24.8 Å². The molecule has 5 rings (SSSR count). The predicted molar refractivity (Wildman–Crippen MR) is 118 cm³/mol. The number of carbonyl (C=O) groups excluding carboxylic acids is 1. The van der Waals surface area contributed by atoms with Crippen LogP contribution >= 0.6 is 0 Å². The van der Waals surface area contributed by atoms with Crippen molar-refractivity contribution in [2.45, 2.75) is 63.7 Å². The molecule has 1 aromatic heterocycles. The molecule has 30 heavy (non-hydrogen) atoms. The maximum Gasteiger partial charge on any atom is 0.274 e. The molecule has 0 radical (unpaired) electrons. The van der Waals surface area contributed by atoms with Crippen molar-refractivity contribution in [2.24, 2.45) is 4.99 Å². The maximum absolute atomic E-state index is 13.1. The van der Waals surface area contributed by atoms with Gasteiger partial charge in [-0.3, -0.25) is 19.8 Å². The molecule has 7 nitrogen and oxygen atoms in total. The number of amidine groups is 1. The maximum atomic E-state index is 13.1. The van der Waals surface area contributed by atoms with Gasteiger partial charge in [0.2, 0.25) is 0 Å². The van der Waals surface area contributed by atoms with Gasteiger partial charge in [0, 0.05) is 38.1 Å². The Morgan fingerprint density at radius 1 is 1.27 bits per heavy atom. The minimum atomic E-state index is -0.343. The van der Waals surface area contributed by atoms with E-state index in [-0.39, 0.29) is 11.4 Å². The molecule has 0 bridgehead atoms. The van der Waals surface area contributed by atoms with Crippen LogP contribution in [0.25, 0.3) is 0 Å². The van der Waals surface area contributed by atoms with E-state index in [1.807, 2.05) is 24.1 Å². The Labute approximate surface area is 177 Å². The zero-order chi connectivity index (χ0) is 20.6. The van der Waals surface area contributed by atoms with Crippen molar-refractivity contribution in [1.29, 1.82) is 0 Å². The van der Waals surface area contributed by atoms with Gasteiger partial charge in [-0.1, -0.05) is 31.0 Å². The van der Waals surface area contributed by atoms with Crippen LogP contribution in [0, 0.1) is 0 Å². The lowest BCUT2D eigenvalue weighted by Crippen LogP contribution is -2.55. The topological polar surface area (TPSA) is 74.6 Å². The number of nitrogens with one attached hydrogen (secondary N) is 2. The summed E-state index contributed by atoms with van der Waals surface area (Å²) < 4.78 is 1.80. The Morgan fingerprint density at radius 2 is 2.10 bits per heavy atom. The second kappa shape index (κ2) is 7.87. The van der Waals surface area contributed by atoms with Crippen molar-refractivity contribution in [2.75, 3.05) is 18.4 Å². The van der Waals surface area contributed by atoms with Crippen LogP contribution in [0.2, 0.25) is 0 Å². The highest BCUT2D eigenvalue weighted by molar-refractivity contribution is 6.05. The van der Waals surface area contributed by atoms with Gasteiger partial charge in [0.1, 0.15) is 11.5 Å². The van der Waals surface area contributed by atoms with Gasteiger partial charge in [-0.2, -0.15) is 5.10 Å². The summed E-state index contributed by atoms with van der Waals surface area (Å²) in [5, 5.41) is 11.9. The molecule has 1 saturated heterocycles. The number of aromatic nitrogens is 2. The summed E-state index contributed by atoms with van der Waals surface area (Å²) in [6.45, 7) is 4.86.